The molecule has 2 aromatic rings. The second-order valence-electron chi connectivity index (χ2n) is 4.47. The molecule has 1 aromatic carbocycles. The van der Waals surface area contributed by atoms with Crippen LogP contribution in [-0.2, 0) is 0 Å². The van der Waals surface area contributed by atoms with E-state index in [0.29, 0.717) is 5.13 Å². The zero-order chi connectivity index (χ0) is 15.4. The molecule has 1 unspecified atom stereocenters. The van der Waals surface area contributed by atoms with Crippen LogP contribution >= 0.6 is 11.3 Å². The van der Waals surface area contributed by atoms with E-state index >= 15 is 0 Å². The molecule has 1 aromatic heterocycles. The van der Waals surface area contributed by atoms with E-state index in [9.17, 15) is 14.3 Å². The Morgan fingerprint density at radius 3 is 3.00 bits per heavy atom. The molecule has 2 rings (SSSR count). The van der Waals surface area contributed by atoms with Gasteiger partial charge in [-0.3, -0.25) is 10.1 Å². The minimum Gasteiger partial charge on any atom is -0.507 e. The molecule has 3 N–H and O–H groups in total. The minimum absolute atomic E-state index is 0.0828. The molecule has 0 saturated carbocycles. The van der Waals surface area contributed by atoms with Gasteiger partial charge in [0, 0.05) is 11.4 Å². The summed E-state index contributed by atoms with van der Waals surface area (Å²) in [5.41, 5.74) is 0.701. The molecule has 21 heavy (non-hydrogen) atoms. The molecule has 0 fully saturated rings. The molecule has 0 saturated heterocycles. The summed E-state index contributed by atoms with van der Waals surface area (Å²) in [6.07, 6.45) is 0. The van der Waals surface area contributed by atoms with Crippen molar-refractivity contribution in [2.75, 3.05) is 11.9 Å². The summed E-state index contributed by atoms with van der Waals surface area (Å²) < 4.78 is 13.1. The molecule has 0 radical (unpaired) electrons. The summed E-state index contributed by atoms with van der Waals surface area (Å²) in [6, 6.07) is 3.30. The molecule has 0 spiro atoms. The lowest BCUT2D eigenvalue weighted by atomic mass is 10.2. The van der Waals surface area contributed by atoms with E-state index in [1.54, 1.807) is 0 Å². The highest BCUT2D eigenvalue weighted by molar-refractivity contribution is 7.14. The van der Waals surface area contributed by atoms with E-state index in [0.717, 1.165) is 30.4 Å². The van der Waals surface area contributed by atoms with E-state index in [-0.39, 0.29) is 17.4 Å². The van der Waals surface area contributed by atoms with Crippen molar-refractivity contribution in [1.29, 1.82) is 0 Å². The Morgan fingerprint density at radius 1 is 1.52 bits per heavy atom. The maximum absolute atomic E-state index is 13.1. The minimum atomic E-state index is -0.594. The number of hydrogen-bond donors (Lipinski definition) is 3. The third kappa shape index (κ3) is 3.77. The van der Waals surface area contributed by atoms with E-state index < -0.39 is 11.7 Å². The van der Waals surface area contributed by atoms with Crippen LogP contribution in [0.2, 0.25) is 0 Å². The van der Waals surface area contributed by atoms with Crippen LogP contribution in [0.1, 0.15) is 35.9 Å². The fraction of sp³-hybridized carbons (Fsp3) is 0.286. The van der Waals surface area contributed by atoms with Gasteiger partial charge in [-0.15, -0.1) is 11.3 Å². The van der Waals surface area contributed by atoms with Crippen molar-refractivity contribution in [2.24, 2.45) is 0 Å². The first-order valence-electron chi connectivity index (χ1n) is 6.50. The highest BCUT2D eigenvalue weighted by atomic mass is 32.1. The number of aromatic hydroxyl groups is 1. The Bertz CT molecular complexity index is 645. The summed E-state index contributed by atoms with van der Waals surface area (Å²) in [5, 5.41) is 17.6. The zero-order valence-electron chi connectivity index (χ0n) is 11.7. The number of aromatic nitrogens is 1. The predicted molar refractivity (Wildman–Crippen MR) is 80.2 cm³/mol. The third-order valence-electron chi connectivity index (χ3n) is 2.90. The first-order chi connectivity index (χ1) is 10.0. The maximum atomic E-state index is 13.1. The molecular formula is C14H16FN3O2S. The number of phenols is 1. The lowest BCUT2D eigenvalue weighted by Gasteiger charge is -2.08. The smallest absolute Gasteiger partial charge is 0.261 e. The van der Waals surface area contributed by atoms with Crippen LogP contribution in [-0.4, -0.2) is 22.5 Å². The quantitative estimate of drug-likeness (QED) is 0.794. The normalized spacial score (nSPS) is 12.1. The molecule has 5 nitrogen and oxygen atoms in total. The number of carbonyl (C=O) groups excluding carboxylic acids is 1. The second-order valence-corrected chi connectivity index (χ2v) is 5.33. The second kappa shape index (κ2) is 6.64. The number of carbonyl (C=O) groups is 1. The zero-order valence-corrected chi connectivity index (χ0v) is 12.5. The van der Waals surface area contributed by atoms with Crippen molar-refractivity contribution >= 4 is 22.4 Å². The van der Waals surface area contributed by atoms with Crippen LogP contribution in [0.25, 0.3) is 0 Å². The van der Waals surface area contributed by atoms with Gasteiger partial charge in [-0.25, -0.2) is 9.37 Å². The van der Waals surface area contributed by atoms with Gasteiger partial charge in [0.1, 0.15) is 11.6 Å². The summed E-state index contributed by atoms with van der Waals surface area (Å²) in [6.45, 7) is 4.79. The number of hydrogen-bond acceptors (Lipinski definition) is 5. The average molecular weight is 309 g/mol. The van der Waals surface area contributed by atoms with Gasteiger partial charge < -0.3 is 10.4 Å². The van der Waals surface area contributed by atoms with Crippen molar-refractivity contribution in [3.63, 3.8) is 0 Å². The molecule has 0 aliphatic carbocycles. The van der Waals surface area contributed by atoms with Gasteiger partial charge >= 0.3 is 0 Å². The van der Waals surface area contributed by atoms with Crippen LogP contribution in [0.15, 0.2) is 23.6 Å². The Labute approximate surface area is 125 Å². The van der Waals surface area contributed by atoms with Crippen molar-refractivity contribution in [3.05, 3.63) is 40.7 Å². The average Bonchev–Trinajstić information content (AvgIpc) is 2.90. The van der Waals surface area contributed by atoms with Gasteiger partial charge in [0.15, 0.2) is 5.13 Å². The maximum Gasteiger partial charge on any atom is 0.261 e. The van der Waals surface area contributed by atoms with Gasteiger partial charge in [0.25, 0.3) is 5.91 Å². The fourth-order valence-electron chi connectivity index (χ4n) is 1.81. The number of phenolic OH excluding ortho intramolecular Hbond substituents is 1. The Morgan fingerprint density at radius 2 is 2.29 bits per heavy atom. The van der Waals surface area contributed by atoms with Crippen LogP contribution in [0, 0.1) is 5.82 Å². The van der Waals surface area contributed by atoms with Crippen molar-refractivity contribution < 1.29 is 14.3 Å². The first kappa shape index (κ1) is 15.4. The van der Waals surface area contributed by atoms with Crippen molar-refractivity contribution in [3.8, 4) is 5.75 Å². The molecule has 1 heterocycles. The van der Waals surface area contributed by atoms with Gasteiger partial charge in [0.2, 0.25) is 0 Å². The van der Waals surface area contributed by atoms with E-state index in [1.807, 2.05) is 19.2 Å². The van der Waals surface area contributed by atoms with E-state index in [1.165, 1.54) is 11.3 Å². The summed E-state index contributed by atoms with van der Waals surface area (Å²) >= 11 is 1.28. The third-order valence-corrected chi connectivity index (χ3v) is 3.68. The highest BCUT2D eigenvalue weighted by Crippen LogP contribution is 2.23. The standard InChI is InChI=1S/C14H16FN3O2S/c1-3-16-8(2)11-7-21-14(17-11)18-13(20)10-6-9(15)4-5-12(10)19/h4-8,16,19H,3H2,1-2H3,(H,17,18,20). The molecule has 112 valence electrons. The van der Waals surface area contributed by atoms with Gasteiger partial charge in [0.05, 0.1) is 11.3 Å². The number of benzene rings is 1. The Hall–Kier alpha value is -1.99. The summed E-state index contributed by atoms with van der Waals surface area (Å²) in [5.74, 6) is -1.45. The molecular weight excluding hydrogens is 293 g/mol. The van der Waals surface area contributed by atoms with Crippen molar-refractivity contribution in [2.45, 2.75) is 19.9 Å². The van der Waals surface area contributed by atoms with Crippen LogP contribution < -0.4 is 10.6 Å². The lowest BCUT2D eigenvalue weighted by Crippen LogP contribution is -2.18. The molecule has 0 aliphatic heterocycles. The van der Waals surface area contributed by atoms with Gasteiger partial charge in [-0.2, -0.15) is 0 Å². The lowest BCUT2D eigenvalue weighted by molar-refractivity contribution is 0.102. The van der Waals surface area contributed by atoms with Crippen LogP contribution in [0.3, 0.4) is 0 Å². The van der Waals surface area contributed by atoms with Crippen LogP contribution in [0.4, 0.5) is 9.52 Å². The van der Waals surface area contributed by atoms with E-state index in [2.05, 4.69) is 15.6 Å². The summed E-state index contributed by atoms with van der Waals surface area (Å²) in [4.78, 5) is 16.3. The Kier molecular flexibility index (Phi) is 4.87. The molecule has 1 atom stereocenters. The van der Waals surface area contributed by atoms with Gasteiger partial charge in [-0.05, 0) is 31.7 Å². The predicted octanol–water partition coefficient (Wildman–Crippen LogP) is 2.91. The largest absolute Gasteiger partial charge is 0.507 e. The van der Waals surface area contributed by atoms with E-state index in [4.69, 9.17) is 0 Å². The Balaban J connectivity index is 2.11. The number of amides is 1. The van der Waals surface area contributed by atoms with Gasteiger partial charge in [-0.1, -0.05) is 6.92 Å². The number of thiazole rings is 1. The monoisotopic (exact) mass is 309 g/mol. The number of rotatable bonds is 5. The molecule has 0 bridgehead atoms. The number of nitrogens with one attached hydrogen (secondary N) is 2. The molecule has 1 amide bonds. The van der Waals surface area contributed by atoms with Crippen LogP contribution in [0.5, 0.6) is 5.75 Å². The number of nitrogens with zero attached hydrogens (tertiary/aromatic N) is 1. The molecule has 0 aliphatic rings. The number of halogens is 1. The fourth-order valence-corrected chi connectivity index (χ4v) is 2.61. The molecule has 7 heteroatoms. The van der Waals surface area contributed by atoms with Crippen molar-refractivity contribution in [1.82, 2.24) is 10.3 Å². The highest BCUT2D eigenvalue weighted by Gasteiger charge is 2.15. The summed E-state index contributed by atoms with van der Waals surface area (Å²) in [7, 11) is 0. The topological polar surface area (TPSA) is 74.2 Å². The number of anilines is 1. The SMILES string of the molecule is CCNC(C)c1csc(NC(=O)c2cc(F)ccc2O)n1. The first-order valence-corrected chi connectivity index (χ1v) is 7.38.